The van der Waals surface area contributed by atoms with Gasteiger partial charge in [-0.15, -0.1) is 0 Å². The van der Waals surface area contributed by atoms with Crippen molar-refractivity contribution in [3.63, 3.8) is 0 Å². The first-order valence-electron chi connectivity index (χ1n) is 6.77. The Morgan fingerprint density at radius 1 is 1.29 bits per heavy atom. The number of aldehydes is 1. The molecule has 0 amide bonds. The third kappa shape index (κ3) is 1.99. The Balaban J connectivity index is 2.19. The lowest BCUT2D eigenvalue weighted by molar-refractivity contribution is -0.117. The van der Waals surface area contributed by atoms with Crippen LogP contribution in [0.3, 0.4) is 0 Å². The van der Waals surface area contributed by atoms with Gasteiger partial charge < -0.3 is 19.3 Å². The molecule has 2 atom stereocenters. The molecule has 0 bridgehead atoms. The van der Waals surface area contributed by atoms with E-state index in [4.69, 9.17) is 9.47 Å². The number of hydrogen-bond donors (Lipinski definition) is 1. The van der Waals surface area contributed by atoms with E-state index in [1.54, 1.807) is 20.3 Å². The topological polar surface area (TPSA) is 51.3 Å². The second kappa shape index (κ2) is 5.22. The Kier molecular flexibility index (Phi) is 3.39. The van der Waals surface area contributed by atoms with Crippen molar-refractivity contribution in [2.45, 2.75) is 5.60 Å². The molecular weight excluding hydrogens is 266 g/mol. The summed E-state index contributed by atoms with van der Waals surface area (Å²) in [7, 11) is 3.21. The van der Waals surface area contributed by atoms with Gasteiger partial charge in [0.2, 0.25) is 0 Å². The largest absolute Gasteiger partial charge is 0.497 e. The fraction of sp³-hybridized carbons (Fsp3) is 0.235. The Morgan fingerprint density at radius 3 is 2.81 bits per heavy atom. The van der Waals surface area contributed by atoms with Gasteiger partial charge in [0.15, 0.2) is 0 Å². The van der Waals surface area contributed by atoms with Gasteiger partial charge in [-0.05, 0) is 24.3 Å². The first kappa shape index (κ1) is 13.6. The maximum Gasteiger partial charge on any atom is 0.130 e. The van der Waals surface area contributed by atoms with E-state index in [1.807, 2.05) is 42.6 Å². The molecule has 4 nitrogen and oxygen atoms in total. The Bertz CT molecular complexity index is 728. The lowest BCUT2D eigenvalue weighted by atomic mass is 9.78. The summed E-state index contributed by atoms with van der Waals surface area (Å²) in [4.78, 5) is 14.8. The molecule has 0 saturated carbocycles. The predicted molar refractivity (Wildman–Crippen MR) is 80.8 cm³/mol. The average Bonchev–Trinajstić information content (AvgIpc) is 2.98. The SMILES string of the molecule is COC1=CC(C=O)C(OC)(c2c[nH]c3ccccc23)C=C1. The van der Waals surface area contributed by atoms with Gasteiger partial charge >= 0.3 is 0 Å². The van der Waals surface area contributed by atoms with E-state index in [9.17, 15) is 4.79 Å². The number of methoxy groups -OCH3 is 2. The van der Waals surface area contributed by atoms with Crippen molar-refractivity contribution in [1.82, 2.24) is 4.98 Å². The minimum absolute atomic E-state index is 0.443. The van der Waals surface area contributed by atoms with Crippen molar-refractivity contribution in [2.75, 3.05) is 14.2 Å². The molecule has 21 heavy (non-hydrogen) atoms. The third-order valence-electron chi connectivity index (χ3n) is 4.06. The molecule has 0 fully saturated rings. The highest BCUT2D eigenvalue weighted by atomic mass is 16.5. The molecule has 2 aromatic rings. The number of aromatic nitrogens is 1. The van der Waals surface area contributed by atoms with E-state index in [0.29, 0.717) is 5.76 Å². The molecule has 1 N–H and O–H groups in total. The van der Waals surface area contributed by atoms with Gasteiger partial charge in [0.25, 0.3) is 0 Å². The zero-order valence-corrected chi connectivity index (χ0v) is 12.0. The molecule has 4 heteroatoms. The molecule has 0 radical (unpaired) electrons. The molecule has 1 aromatic carbocycles. The Hall–Kier alpha value is -2.33. The van der Waals surface area contributed by atoms with Crippen molar-refractivity contribution in [3.05, 3.63) is 60.0 Å². The fourth-order valence-corrected chi connectivity index (χ4v) is 2.93. The highest BCUT2D eigenvalue weighted by molar-refractivity contribution is 5.85. The number of carbonyl (C=O) groups is 1. The average molecular weight is 283 g/mol. The van der Waals surface area contributed by atoms with Gasteiger partial charge in [-0.3, -0.25) is 0 Å². The molecule has 1 heterocycles. The number of benzene rings is 1. The number of nitrogens with one attached hydrogen (secondary N) is 1. The number of para-hydroxylation sites is 1. The van der Waals surface area contributed by atoms with Crippen LogP contribution in [-0.4, -0.2) is 25.5 Å². The predicted octanol–water partition coefficient (Wildman–Crippen LogP) is 2.92. The van der Waals surface area contributed by atoms with E-state index in [-0.39, 0.29) is 0 Å². The molecule has 1 aromatic heterocycles. The lowest BCUT2D eigenvalue weighted by Crippen LogP contribution is -2.37. The highest BCUT2D eigenvalue weighted by Crippen LogP contribution is 2.41. The minimum atomic E-state index is -0.816. The summed E-state index contributed by atoms with van der Waals surface area (Å²) in [5.74, 6) is 0.223. The van der Waals surface area contributed by atoms with E-state index in [0.717, 1.165) is 22.8 Å². The minimum Gasteiger partial charge on any atom is -0.497 e. The highest BCUT2D eigenvalue weighted by Gasteiger charge is 2.41. The zero-order valence-electron chi connectivity index (χ0n) is 12.0. The number of hydrogen-bond acceptors (Lipinski definition) is 3. The normalized spacial score (nSPS) is 24.9. The van der Waals surface area contributed by atoms with E-state index in [1.165, 1.54) is 0 Å². The van der Waals surface area contributed by atoms with Gasteiger partial charge in [0, 0.05) is 29.8 Å². The van der Waals surface area contributed by atoms with Crippen LogP contribution in [-0.2, 0) is 19.9 Å². The number of carbonyl (C=O) groups excluding carboxylic acids is 1. The van der Waals surface area contributed by atoms with Crippen LogP contribution in [0, 0.1) is 5.92 Å². The maximum atomic E-state index is 11.6. The van der Waals surface area contributed by atoms with E-state index in [2.05, 4.69) is 4.98 Å². The zero-order chi connectivity index (χ0) is 14.9. The first-order valence-corrected chi connectivity index (χ1v) is 6.77. The summed E-state index contributed by atoms with van der Waals surface area (Å²) < 4.78 is 11.0. The van der Waals surface area contributed by atoms with E-state index < -0.39 is 11.5 Å². The number of fused-ring (bicyclic) bond motifs is 1. The second-order valence-electron chi connectivity index (χ2n) is 5.01. The van der Waals surface area contributed by atoms with Crippen LogP contribution in [0.4, 0.5) is 0 Å². The van der Waals surface area contributed by atoms with Crippen LogP contribution in [0.1, 0.15) is 5.56 Å². The first-order chi connectivity index (χ1) is 10.2. The van der Waals surface area contributed by atoms with Crippen LogP contribution < -0.4 is 0 Å². The molecular formula is C17H17NO3. The molecule has 1 aliphatic rings. The van der Waals surface area contributed by atoms with Gasteiger partial charge in [-0.1, -0.05) is 18.2 Å². The number of rotatable bonds is 4. The molecule has 0 saturated heterocycles. The van der Waals surface area contributed by atoms with Crippen LogP contribution in [0.5, 0.6) is 0 Å². The van der Waals surface area contributed by atoms with Crippen LogP contribution >= 0.6 is 0 Å². The lowest BCUT2D eigenvalue weighted by Gasteiger charge is -2.35. The van der Waals surface area contributed by atoms with Crippen molar-refractivity contribution in [3.8, 4) is 0 Å². The van der Waals surface area contributed by atoms with Crippen LogP contribution in [0.15, 0.2) is 54.4 Å². The summed E-state index contributed by atoms with van der Waals surface area (Å²) in [6, 6.07) is 7.97. The van der Waals surface area contributed by atoms with Crippen molar-refractivity contribution in [2.24, 2.45) is 5.92 Å². The second-order valence-corrected chi connectivity index (χ2v) is 5.01. The Labute approximate surface area is 123 Å². The molecule has 3 rings (SSSR count). The van der Waals surface area contributed by atoms with Gasteiger partial charge in [-0.25, -0.2) is 0 Å². The van der Waals surface area contributed by atoms with Crippen LogP contribution in [0.25, 0.3) is 10.9 Å². The Morgan fingerprint density at radius 2 is 2.10 bits per heavy atom. The van der Waals surface area contributed by atoms with Gasteiger partial charge in [-0.2, -0.15) is 0 Å². The molecule has 0 aliphatic heterocycles. The van der Waals surface area contributed by atoms with Crippen LogP contribution in [0.2, 0.25) is 0 Å². The standard InChI is InChI=1S/C17H17NO3/c1-20-13-7-8-17(21-2,12(9-13)11-19)15-10-18-16-6-4-3-5-14(15)16/h3-12,18H,1-2H3. The summed E-state index contributed by atoms with van der Waals surface area (Å²) >= 11 is 0. The maximum absolute atomic E-state index is 11.6. The number of ether oxygens (including phenoxy) is 2. The smallest absolute Gasteiger partial charge is 0.130 e. The summed E-state index contributed by atoms with van der Waals surface area (Å²) in [6.45, 7) is 0. The van der Waals surface area contributed by atoms with Gasteiger partial charge in [0.1, 0.15) is 17.6 Å². The van der Waals surface area contributed by atoms with Crippen molar-refractivity contribution < 1.29 is 14.3 Å². The quantitative estimate of drug-likeness (QED) is 0.878. The van der Waals surface area contributed by atoms with Gasteiger partial charge in [0.05, 0.1) is 13.0 Å². The fourth-order valence-electron chi connectivity index (χ4n) is 2.93. The number of allylic oxidation sites excluding steroid dienone is 1. The molecule has 0 spiro atoms. The molecule has 2 unspecified atom stereocenters. The number of aromatic amines is 1. The van der Waals surface area contributed by atoms with Crippen molar-refractivity contribution >= 4 is 17.2 Å². The monoisotopic (exact) mass is 283 g/mol. The number of H-pyrrole nitrogens is 1. The summed E-state index contributed by atoms with van der Waals surface area (Å²) in [5, 5.41) is 1.05. The summed E-state index contributed by atoms with van der Waals surface area (Å²) in [6.07, 6.45) is 8.32. The third-order valence-corrected chi connectivity index (χ3v) is 4.06. The molecule has 108 valence electrons. The van der Waals surface area contributed by atoms with Crippen molar-refractivity contribution in [1.29, 1.82) is 0 Å². The molecule has 1 aliphatic carbocycles. The van der Waals surface area contributed by atoms with E-state index >= 15 is 0 Å². The summed E-state index contributed by atoms with van der Waals surface area (Å²) in [5.41, 5.74) is 1.15.